The van der Waals surface area contributed by atoms with E-state index in [9.17, 15) is 8.42 Å². The molecule has 0 aromatic heterocycles. The van der Waals surface area contributed by atoms with Crippen molar-refractivity contribution in [1.82, 2.24) is 15.5 Å². The third-order valence-corrected chi connectivity index (χ3v) is 6.11. The fourth-order valence-electron chi connectivity index (χ4n) is 3.00. The lowest BCUT2D eigenvalue weighted by molar-refractivity contribution is 0.299. The van der Waals surface area contributed by atoms with Crippen molar-refractivity contribution in [2.24, 2.45) is 4.99 Å². The summed E-state index contributed by atoms with van der Waals surface area (Å²) in [6.07, 6.45) is 8.60. The number of hydrogen-bond acceptors (Lipinski definition) is 4. The van der Waals surface area contributed by atoms with Crippen molar-refractivity contribution in [3.63, 3.8) is 0 Å². The zero-order valence-corrected chi connectivity index (χ0v) is 15.0. The number of nitrogens with zero attached hydrogens (tertiary/aromatic N) is 2. The van der Waals surface area contributed by atoms with Crippen LogP contribution < -0.4 is 10.6 Å². The lowest BCUT2D eigenvalue weighted by Gasteiger charge is -2.26. The standard InChI is InChI=1S/C16H30N4O2S/c1-17-16(18-8-7-15-5-3-2-4-6-15)19-9-10-20-11-13-23(21,22)14-12-20/h5H,2-4,6-14H2,1H3,(H2,17,18,19). The molecule has 0 aromatic carbocycles. The van der Waals surface area contributed by atoms with Gasteiger partial charge in [-0.2, -0.15) is 0 Å². The molecule has 1 heterocycles. The van der Waals surface area contributed by atoms with Crippen LogP contribution in [0.4, 0.5) is 0 Å². The third-order valence-electron chi connectivity index (χ3n) is 4.50. The van der Waals surface area contributed by atoms with Gasteiger partial charge in [0.25, 0.3) is 0 Å². The topological polar surface area (TPSA) is 73.8 Å². The summed E-state index contributed by atoms with van der Waals surface area (Å²) in [7, 11) is -1.01. The number of sulfone groups is 1. The van der Waals surface area contributed by atoms with Gasteiger partial charge in [-0.15, -0.1) is 0 Å². The molecule has 1 fully saturated rings. The Labute approximate surface area is 140 Å². The Morgan fingerprint density at radius 3 is 2.61 bits per heavy atom. The van der Waals surface area contributed by atoms with E-state index in [0.29, 0.717) is 13.1 Å². The van der Waals surface area contributed by atoms with Gasteiger partial charge in [0.05, 0.1) is 11.5 Å². The highest BCUT2D eigenvalue weighted by atomic mass is 32.2. The van der Waals surface area contributed by atoms with Crippen molar-refractivity contribution in [2.45, 2.75) is 32.1 Å². The number of allylic oxidation sites excluding steroid dienone is 1. The first-order valence-electron chi connectivity index (χ1n) is 8.64. The van der Waals surface area contributed by atoms with Crippen LogP contribution >= 0.6 is 0 Å². The fraction of sp³-hybridized carbons (Fsp3) is 0.812. The lowest BCUT2D eigenvalue weighted by Crippen LogP contribution is -2.46. The van der Waals surface area contributed by atoms with Crippen LogP contribution in [0, 0.1) is 0 Å². The zero-order chi connectivity index (χ0) is 16.5. The predicted octanol–water partition coefficient (Wildman–Crippen LogP) is 0.772. The number of guanidine groups is 1. The fourth-order valence-corrected chi connectivity index (χ4v) is 4.28. The van der Waals surface area contributed by atoms with Gasteiger partial charge in [0, 0.05) is 39.8 Å². The van der Waals surface area contributed by atoms with Gasteiger partial charge in [0.15, 0.2) is 15.8 Å². The van der Waals surface area contributed by atoms with Crippen LogP contribution in [0.25, 0.3) is 0 Å². The molecule has 2 rings (SSSR count). The largest absolute Gasteiger partial charge is 0.356 e. The summed E-state index contributed by atoms with van der Waals surface area (Å²) in [4.78, 5) is 6.43. The van der Waals surface area contributed by atoms with Gasteiger partial charge in [-0.1, -0.05) is 11.6 Å². The van der Waals surface area contributed by atoms with E-state index in [2.05, 4.69) is 26.6 Å². The maximum Gasteiger partial charge on any atom is 0.191 e. The Morgan fingerprint density at radius 2 is 1.96 bits per heavy atom. The van der Waals surface area contributed by atoms with E-state index in [0.717, 1.165) is 32.0 Å². The van der Waals surface area contributed by atoms with E-state index >= 15 is 0 Å². The summed E-state index contributed by atoms with van der Waals surface area (Å²) >= 11 is 0. The normalized spacial score (nSPS) is 22.5. The molecule has 7 heteroatoms. The van der Waals surface area contributed by atoms with E-state index in [-0.39, 0.29) is 11.5 Å². The minimum Gasteiger partial charge on any atom is -0.356 e. The van der Waals surface area contributed by atoms with Crippen molar-refractivity contribution in [1.29, 1.82) is 0 Å². The van der Waals surface area contributed by atoms with Crippen LogP contribution in [0.2, 0.25) is 0 Å². The van der Waals surface area contributed by atoms with Gasteiger partial charge in [-0.3, -0.25) is 9.89 Å². The van der Waals surface area contributed by atoms with Crippen LogP contribution in [-0.2, 0) is 9.84 Å². The highest BCUT2D eigenvalue weighted by Gasteiger charge is 2.20. The van der Waals surface area contributed by atoms with Gasteiger partial charge in [0.2, 0.25) is 0 Å². The second kappa shape index (κ2) is 9.27. The number of rotatable bonds is 6. The second-order valence-electron chi connectivity index (χ2n) is 6.28. The maximum atomic E-state index is 11.4. The van der Waals surface area contributed by atoms with Crippen LogP contribution in [0.15, 0.2) is 16.6 Å². The van der Waals surface area contributed by atoms with Gasteiger partial charge < -0.3 is 10.6 Å². The van der Waals surface area contributed by atoms with E-state index in [1.165, 1.54) is 25.7 Å². The Morgan fingerprint density at radius 1 is 1.22 bits per heavy atom. The van der Waals surface area contributed by atoms with E-state index in [1.807, 2.05) is 0 Å². The number of hydrogen-bond donors (Lipinski definition) is 2. The summed E-state index contributed by atoms with van der Waals surface area (Å²) in [5, 5.41) is 6.65. The van der Waals surface area contributed by atoms with Crippen molar-refractivity contribution < 1.29 is 8.42 Å². The van der Waals surface area contributed by atoms with Crippen LogP contribution in [-0.4, -0.2) is 70.6 Å². The minimum absolute atomic E-state index is 0.287. The minimum atomic E-state index is -2.79. The molecule has 0 spiro atoms. The van der Waals surface area contributed by atoms with Crippen LogP contribution in [0.3, 0.4) is 0 Å². The Bertz CT molecular complexity index is 514. The van der Waals surface area contributed by atoms with Gasteiger partial charge >= 0.3 is 0 Å². The molecular weight excluding hydrogens is 312 g/mol. The van der Waals surface area contributed by atoms with Crippen molar-refractivity contribution in [2.75, 3.05) is 51.3 Å². The van der Waals surface area contributed by atoms with Gasteiger partial charge in [-0.25, -0.2) is 8.42 Å². The molecule has 0 amide bonds. The number of aliphatic imine (C=N–C) groups is 1. The van der Waals surface area contributed by atoms with Crippen molar-refractivity contribution in [3.05, 3.63) is 11.6 Å². The molecule has 2 aliphatic rings. The summed E-state index contributed by atoms with van der Waals surface area (Å²) in [6, 6.07) is 0. The Balaban J connectivity index is 1.59. The Kier molecular flexibility index (Phi) is 7.36. The summed E-state index contributed by atoms with van der Waals surface area (Å²) in [5.74, 6) is 1.40. The molecule has 0 aromatic rings. The summed E-state index contributed by atoms with van der Waals surface area (Å²) < 4.78 is 22.8. The molecule has 23 heavy (non-hydrogen) atoms. The monoisotopic (exact) mass is 342 g/mol. The molecule has 2 N–H and O–H groups in total. The molecule has 0 unspecified atom stereocenters. The molecule has 1 aliphatic heterocycles. The molecule has 0 radical (unpaired) electrons. The number of nitrogens with one attached hydrogen (secondary N) is 2. The smallest absolute Gasteiger partial charge is 0.191 e. The van der Waals surface area contributed by atoms with Crippen LogP contribution in [0.1, 0.15) is 32.1 Å². The maximum absolute atomic E-state index is 11.4. The van der Waals surface area contributed by atoms with E-state index in [1.54, 1.807) is 12.6 Å². The first-order valence-corrected chi connectivity index (χ1v) is 10.5. The van der Waals surface area contributed by atoms with Crippen molar-refractivity contribution >= 4 is 15.8 Å². The average molecular weight is 343 g/mol. The molecule has 1 aliphatic carbocycles. The summed E-state index contributed by atoms with van der Waals surface area (Å²) in [5.41, 5.74) is 1.56. The summed E-state index contributed by atoms with van der Waals surface area (Å²) in [6.45, 7) is 3.83. The first-order chi connectivity index (χ1) is 11.1. The lowest BCUT2D eigenvalue weighted by atomic mass is 9.97. The van der Waals surface area contributed by atoms with Crippen LogP contribution in [0.5, 0.6) is 0 Å². The zero-order valence-electron chi connectivity index (χ0n) is 14.2. The highest BCUT2D eigenvalue weighted by Crippen LogP contribution is 2.19. The molecule has 0 bridgehead atoms. The van der Waals surface area contributed by atoms with E-state index < -0.39 is 9.84 Å². The molecule has 0 atom stereocenters. The second-order valence-corrected chi connectivity index (χ2v) is 8.58. The average Bonchev–Trinajstić information content (AvgIpc) is 2.56. The predicted molar refractivity (Wildman–Crippen MR) is 95.6 cm³/mol. The highest BCUT2D eigenvalue weighted by molar-refractivity contribution is 7.91. The molecule has 6 nitrogen and oxygen atoms in total. The molecule has 132 valence electrons. The van der Waals surface area contributed by atoms with Crippen molar-refractivity contribution in [3.8, 4) is 0 Å². The molecular formula is C16H30N4O2S. The Hall–Kier alpha value is -1.08. The van der Waals surface area contributed by atoms with Gasteiger partial charge in [0.1, 0.15) is 0 Å². The molecule has 0 saturated carbocycles. The first kappa shape index (κ1) is 18.3. The van der Waals surface area contributed by atoms with Gasteiger partial charge in [-0.05, 0) is 32.1 Å². The SMILES string of the molecule is CN=C(NCCC1=CCCCC1)NCCN1CCS(=O)(=O)CC1. The quantitative estimate of drug-likeness (QED) is 0.424. The van der Waals surface area contributed by atoms with E-state index in [4.69, 9.17) is 0 Å². The molecule has 1 saturated heterocycles. The third kappa shape index (κ3) is 6.91.